The van der Waals surface area contributed by atoms with Crippen LogP contribution >= 0.6 is 0 Å². The van der Waals surface area contributed by atoms with Gasteiger partial charge in [0.1, 0.15) is 0 Å². The Morgan fingerprint density at radius 1 is 1.33 bits per heavy atom. The van der Waals surface area contributed by atoms with E-state index in [4.69, 9.17) is 0 Å². The van der Waals surface area contributed by atoms with Crippen LogP contribution in [0.3, 0.4) is 0 Å². The zero-order chi connectivity index (χ0) is 13.4. The molecule has 1 rings (SSSR count). The molecule has 0 aromatic carbocycles. The van der Waals surface area contributed by atoms with Crippen LogP contribution in [0.2, 0.25) is 0 Å². The Labute approximate surface area is 111 Å². The van der Waals surface area contributed by atoms with Crippen LogP contribution in [0.5, 0.6) is 0 Å². The smallest absolute Gasteiger partial charge is 0.0537 e. The number of nitrogens with zero attached hydrogens (tertiary/aromatic N) is 3. The molecule has 0 radical (unpaired) electrons. The van der Waals surface area contributed by atoms with Gasteiger partial charge in [0.05, 0.1) is 6.20 Å². The zero-order valence-electron chi connectivity index (χ0n) is 12.3. The van der Waals surface area contributed by atoms with Crippen molar-refractivity contribution in [1.82, 2.24) is 20.0 Å². The molecule has 0 aliphatic heterocycles. The lowest BCUT2D eigenvalue weighted by atomic mass is 10.1. The van der Waals surface area contributed by atoms with Crippen molar-refractivity contribution in [2.75, 3.05) is 27.2 Å². The Balaban J connectivity index is 2.60. The number of rotatable bonds is 9. The first-order chi connectivity index (χ1) is 8.67. The lowest BCUT2D eigenvalue weighted by Crippen LogP contribution is -2.26. The molecule has 0 aliphatic rings. The van der Waals surface area contributed by atoms with Crippen molar-refractivity contribution in [1.29, 1.82) is 0 Å². The third kappa shape index (κ3) is 5.19. The van der Waals surface area contributed by atoms with Crippen LogP contribution in [-0.4, -0.2) is 41.9 Å². The zero-order valence-corrected chi connectivity index (χ0v) is 12.3. The van der Waals surface area contributed by atoms with Crippen LogP contribution in [-0.2, 0) is 6.54 Å². The van der Waals surface area contributed by atoms with Crippen molar-refractivity contribution < 1.29 is 0 Å². The van der Waals surface area contributed by atoms with E-state index in [9.17, 15) is 0 Å². The molecule has 4 heteroatoms. The molecule has 1 N–H and O–H groups in total. The van der Waals surface area contributed by atoms with Gasteiger partial charge >= 0.3 is 0 Å². The molecule has 0 amide bonds. The van der Waals surface area contributed by atoms with Gasteiger partial charge < -0.3 is 10.2 Å². The quantitative estimate of drug-likeness (QED) is 0.732. The van der Waals surface area contributed by atoms with Gasteiger partial charge in [-0.2, -0.15) is 5.10 Å². The average Bonchev–Trinajstić information content (AvgIpc) is 2.78. The lowest BCUT2D eigenvalue weighted by molar-refractivity contribution is 0.361. The maximum atomic E-state index is 4.43. The van der Waals surface area contributed by atoms with Gasteiger partial charge in [0.15, 0.2) is 0 Å². The molecule has 0 bridgehead atoms. The standard InChI is InChI=1S/C14H28N4/c1-5-8-15-14(7-10-17(3)4)13-11-16-18(12-13)9-6-2/h11-12,14-15H,5-10H2,1-4H3. The highest BCUT2D eigenvalue weighted by molar-refractivity contribution is 5.10. The van der Waals surface area contributed by atoms with E-state index in [1.807, 2.05) is 10.9 Å². The molecule has 0 saturated carbocycles. The van der Waals surface area contributed by atoms with Crippen LogP contribution in [0.4, 0.5) is 0 Å². The summed E-state index contributed by atoms with van der Waals surface area (Å²) >= 11 is 0. The second kappa shape index (κ2) is 8.27. The number of aromatic nitrogens is 2. The van der Waals surface area contributed by atoms with Gasteiger partial charge in [-0.05, 0) is 46.4 Å². The van der Waals surface area contributed by atoms with Crippen LogP contribution in [0.15, 0.2) is 12.4 Å². The van der Waals surface area contributed by atoms with Crippen LogP contribution < -0.4 is 5.32 Å². The SMILES string of the molecule is CCCNC(CCN(C)C)c1cnn(CCC)c1. The van der Waals surface area contributed by atoms with E-state index < -0.39 is 0 Å². The van der Waals surface area contributed by atoms with E-state index in [2.05, 4.69) is 49.5 Å². The molecule has 0 fully saturated rings. The van der Waals surface area contributed by atoms with Crippen molar-refractivity contribution in [3.8, 4) is 0 Å². The largest absolute Gasteiger partial charge is 0.310 e. The Kier molecular flexibility index (Phi) is 6.98. The molecule has 0 aliphatic carbocycles. The summed E-state index contributed by atoms with van der Waals surface area (Å²) < 4.78 is 2.05. The lowest BCUT2D eigenvalue weighted by Gasteiger charge is -2.19. The molecule has 0 spiro atoms. The molecule has 1 aromatic rings. The molecule has 104 valence electrons. The van der Waals surface area contributed by atoms with Crippen LogP contribution in [0.1, 0.15) is 44.7 Å². The Morgan fingerprint density at radius 3 is 2.72 bits per heavy atom. The number of nitrogens with one attached hydrogen (secondary N) is 1. The molecular weight excluding hydrogens is 224 g/mol. The highest BCUT2D eigenvalue weighted by Crippen LogP contribution is 2.16. The first kappa shape index (κ1) is 15.2. The summed E-state index contributed by atoms with van der Waals surface area (Å²) in [7, 11) is 4.24. The normalized spacial score (nSPS) is 13.2. The summed E-state index contributed by atoms with van der Waals surface area (Å²) in [6.45, 7) is 7.56. The van der Waals surface area contributed by atoms with Crippen LogP contribution in [0.25, 0.3) is 0 Å². The van der Waals surface area contributed by atoms with Crippen LogP contribution in [0, 0.1) is 0 Å². The van der Waals surface area contributed by atoms with E-state index in [0.717, 1.165) is 32.5 Å². The van der Waals surface area contributed by atoms with Crippen molar-refractivity contribution in [2.24, 2.45) is 0 Å². The minimum Gasteiger partial charge on any atom is -0.310 e. The van der Waals surface area contributed by atoms with E-state index in [1.165, 1.54) is 12.0 Å². The number of hydrogen-bond donors (Lipinski definition) is 1. The van der Waals surface area contributed by atoms with Gasteiger partial charge in [0.25, 0.3) is 0 Å². The number of aryl methyl sites for hydroxylation is 1. The summed E-state index contributed by atoms with van der Waals surface area (Å²) in [4.78, 5) is 2.23. The predicted octanol–water partition coefficient (Wildman–Crippen LogP) is 2.29. The average molecular weight is 252 g/mol. The van der Waals surface area contributed by atoms with Gasteiger partial charge in [-0.25, -0.2) is 0 Å². The highest BCUT2D eigenvalue weighted by atomic mass is 15.3. The van der Waals surface area contributed by atoms with Crippen molar-refractivity contribution in [3.63, 3.8) is 0 Å². The Hall–Kier alpha value is -0.870. The van der Waals surface area contributed by atoms with E-state index in [1.54, 1.807) is 0 Å². The third-order valence-corrected chi connectivity index (χ3v) is 3.01. The minimum atomic E-state index is 0.429. The fourth-order valence-electron chi connectivity index (χ4n) is 2.00. The fraction of sp³-hybridized carbons (Fsp3) is 0.786. The first-order valence-corrected chi connectivity index (χ1v) is 7.07. The van der Waals surface area contributed by atoms with Crippen molar-refractivity contribution >= 4 is 0 Å². The summed E-state index contributed by atoms with van der Waals surface area (Å²) in [6.07, 6.45) is 7.63. The van der Waals surface area contributed by atoms with E-state index in [-0.39, 0.29) is 0 Å². The summed E-state index contributed by atoms with van der Waals surface area (Å²) in [5.41, 5.74) is 1.32. The van der Waals surface area contributed by atoms with E-state index in [0.29, 0.717) is 6.04 Å². The highest BCUT2D eigenvalue weighted by Gasteiger charge is 2.12. The second-order valence-corrected chi connectivity index (χ2v) is 5.14. The molecular formula is C14H28N4. The van der Waals surface area contributed by atoms with Gasteiger partial charge in [-0.1, -0.05) is 13.8 Å². The van der Waals surface area contributed by atoms with Gasteiger partial charge in [0.2, 0.25) is 0 Å². The van der Waals surface area contributed by atoms with Gasteiger partial charge in [0, 0.05) is 24.3 Å². The second-order valence-electron chi connectivity index (χ2n) is 5.14. The maximum absolute atomic E-state index is 4.43. The third-order valence-electron chi connectivity index (χ3n) is 3.01. The fourth-order valence-corrected chi connectivity index (χ4v) is 2.00. The van der Waals surface area contributed by atoms with E-state index >= 15 is 0 Å². The molecule has 0 saturated heterocycles. The molecule has 1 atom stereocenters. The van der Waals surface area contributed by atoms with Gasteiger partial charge in [-0.3, -0.25) is 4.68 Å². The summed E-state index contributed by atoms with van der Waals surface area (Å²) in [5.74, 6) is 0. The molecule has 1 aromatic heterocycles. The Bertz CT molecular complexity index is 319. The van der Waals surface area contributed by atoms with Crippen molar-refractivity contribution in [3.05, 3.63) is 18.0 Å². The molecule has 18 heavy (non-hydrogen) atoms. The monoisotopic (exact) mass is 252 g/mol. The topological polar surface area (TPSA) is 33.1 Å². The summed E-state index contributed by atoms with van der Waals surface area (Å²) in [5, 5.41) is 8.04. The Morgan fingerprint density at radius 2 is 2.11 bits per heavy atom. The predicted molar refractivity (Wildman–Crippen MR) is 76.7 cm³/mol. The molecule has 4 nitrogen and oxygen atoms in total. The molecule has 1 unspecified atom stereocenters. The van der Waals surface area contributed by atoms with Crippen molar-refractivity contribution in [2.45, 2.75) is 45.7 Å². The molecule has 1 heterocycles. The minimum absolute atomic E-state index is 0.429. The van der Waals surface area contributed by atoms with Gasteiger partial charge in [-0.15, -0.1) is 0 Å². The first-order valence-electron chi connectivity index (χ1n) is 7.07. The maximum Gasteiger partial charge on any atom is 0.0537 e. The number of hydrogen-bond acceptors (Lipinski definition) is 3. The summed E-state index contributed by atoms with van der Waals surface area (Å²) in [6, 6.07) is 0.429.